The van der Waals surface area contributed by atoms with Crippen molar-refractivity contribution in [3.05, 3.63) is 119 Å². The third-order valence-corrected chi connectivity index (χ3v) is 5.50. The summed E-state index contributed by atoms with van der Waals surface area (Å²) < 4.78 is 0. The van der Waals surface area contributed by atoms with Gasteiger partial charge in [-0.25, -0.2) is 9.59 Å². The van der Waals surface area contributed by atoms with Gasteiger partial charge in [-0.05, 0) is 52.9 Å². The van der Waals surface area contributed by atoms with E-state index in [1.807, 2.05) is 24.3 Å². The van der Waals surface area contributed by atoms with Gasteiger partial charge < -0.3 is 20.8 Å². The van der Waals surface area contributed by atoms with Crippen molar-refractivity contribution in [2.24, 2.45) is 0 Å². The summed E-state index contributed by atoms with van der Waals surface area (Å²) in [6.07, 6.45) is 4.36. The normalized spacial score (nSPS) is 11.1. The van der Waals surface area contributed by atoms with E-state index < -0.39 is 23.8 Å². The molecule has 37 heavy (non-hydrogen) atoms. The van der Waals surface area contributed by atoms with Crippen LogP contribution < -0.4 is 10.6 Å². The van der Waals surface area contributed by atoms with Crippen molar-refractivity contribution >= 4 is 35.1 Å². The third-order valence-electron chi connectivity index (χ3n) is 5.50. The van der Waals surface area contributed by atoms with E-state index in [9.17, 15) is 19.2 Å². The molecule has 0 saturated heterocycles. The van der Waals surface area contributed by atoms with E-state index in [2.05, 4.69) is 41.8 Å². The van der Waals surface area contributed by atoms with Gasteiger partial charge in [0.25, 0.3) is 0 Å². The standard InChI is InChI=1S/C29H26N2O6/c1-2-19-3-5-20(6-4-19)29(21-7-11-23(12-8-21)30-25(32)15-17-27(34)35)22-9-13-24(14-10-22)31-26(33)16-18-28(36)37/h3-18,29H,2H2,1H3,(H,30,32)(H,31,33)(H,34,35)(H,36,37)/b17-15+,18-16+. The number of amides is 2. The molecule has 0 aliphatic heterocycles. The van der Waals surface area contributed by atoms with Crippen LogP contribution in [0.2, 0.25) is 0 Å². The van der Waals surface area contributed by atoms with Crippen LogP contribution in [0.25, 0.3) is 0 Å². The zero-order valence-electron chi connectivity index (χ0n) is 20.0. The van der Waals surface area contributed by atoms with Crippen molar-refractivity contribution in [2.45, 2.75) is 19.3 Å². The lowest BCUT2D eigenvalue weighted by molar-refractivity contribution is -0.132. The highest BCUT2D eigenvalue weighted by molar-refractivity contribution is 6.03. The molecule has 3 aromatic carbocycles. The summed E-state index contributed by atoms with van der Waals surface area (Å²) in [5, 5.41) is 22.6. The molecule has 4 N–H and O–H groups in total. The second-order valence-corrected chi connectivity index (χ2v) is 8.09. The zero-order valence-corrected chi connectivity index (χ0v) is 20.0. The summed E-state index contributed by atoms with van der Waals surface area (Å²) in [7, 11) is 0. The molecule has 0 saturated carbocycles. The quantitative estimate of drug-likeness (QED) is 0.239. The first-order chi connectivity index (χ1) is 17.7. The molecule has 0 unspecified atom stereocenters. The van der Waals surface area contributed by atoms with Crippen LogP contribution in [0.5, 0.6) is 0 Å². The fourth-order valence-electron chi connectivity index (χ4n) is 3.70. The Kier molecular flexibility index (Phi) is 9.10. The molecule has 0 atom stereocenters. The zero-order chi connectivity index (χ0) is 26.8. The van der Waals surface area contributed by atoms with E-state index in [0.29, 0.717) is 11.4 Å². The van der Waals surface area contributed by atoms with Gasteiger partial charge in [0.15, 0.2) is 0 Å². The number of carboxylic acid groups (broad SMARTS) is 2. The van der Waals surface area contributed by atoms with Gasteiger partial charge in [-0.1, -0.05) is 55.5 Å². The highest BCUT2D eigenvalue weighted by Crippen LogP contribution is 2.33. The van der Waals surface area contributed by atoms with Crippen molar-refractivity contribution in [1.29, 1.82) is 0 Å². The lowest BCUT2D eigenvalue weighted by Crippen LogP contribution is -2.10. The average Bonchev–Trinajstić information content (AvgIpc) is 2.89. The Morgan fingerprint density at radius 1 is 0.622 bits per heavy atom. The van der Waals surface area contributed by atoms with Crippen LogP contribution in [0.1, 0.15) is 35.1 Å². The van der Waals surface area contributed by atoms with Crippen LogP contribution in [0.15, 0.2) is 97.1 Å². The van der Waals surface area contributed by atoms with Gasteiger partial charge in [0, 0.05) is 41.6 Å². The van der Waals surface area contributed by atoms with Gasteiger partial charge in [0.1, 0.15) is 0 Å². The number of benzene rings is 3. The summed E-state index contributed by atoms with van der Waals surface area (Å²) in [4.78, 5) is 45.0. The average molecular weight is 499 g/mol. The fourth-order valence-corrected chi connectivity index (χ4v) is 3.70. The van der Waals surface area contributed by atoms with E-state index in [-0.39, 0.29) is 5.92 Å². The van der Waals surface area contributed by atoms with Gasteiger partial charge in [0.05, 0.1) is 0 Å². The van der Waals surface area contributed by atoms with Crippen molar-refractivity contribution in [3.8, 4) is 0 Å². The maximum absolute atomic E-state index is 11.9. The second-order valence-electron chi connectivity index (χ2n) is 8.09. The fraction of sp³-hybridized carbons (Fsp3) is 0.103. The highest BCUT2D eigenvalue weighted by atomic mass is 16.4. The Balaban J connectivity index is 1.87. The predicted octanol–water partition coefficient (Wildman–Crippen LogP) is 4.59. The van der Waals surface area contributed by atoms with Gasteiger partial charge in [-0.3, -0.25) is 9.59 Å². The predicted molar refractivity (Wildman–Crippen MR) is 140 cm³/mol. The van der Waals surface area contributed by atoms with E-state index >= 15 is 0 Å². The maximum atomic E-state index is 11.9. The molecule has 0 aliphatic carbocycles. The molecule has 2 amide bonds. The van der Waals surface area contributed by atoms with E-state index in [4.69, 9.17) is 10.2 Å². The smallest absolute Gasteiger partial charge is 0.328 e. The highest BCUT2D eigenvalue weighted by Gasteiger charge is 2.17. The molecule has 0 spiro atoms. The first kappa shape index (κ1) is 26.6. The molecule has 8 heteroatoms. The first-order valence-electron chi connectivity index (χ1n) is 11.5. The van der Waals surface area contributed by atoms with Crippen molar-refractivity contribution < 1.29 is 29.4 Å². The largest absolute Gasteiger partial charge is 0.478 e. The van der Waals surface area contributed by atoms with Crippen LogP contribution in [0.4, 0.5) is 11.4 Å². The summed E-state index contributed by atoms with van der Waals surface area (Å²) >= 11 is 0. The Morgan fingerprint density at radius 3 is 1.30 bits per heavy atom. The van der Waals surface area contributed by atoms with Gasteiger partial charge in [-0.2, -0.15) is 0 Å². The molecule has 0 aliphatic rings. The molecule has 0 fully saturated rings. The Bertz CT molecular complexity index is 1240. The number of carbonyl (C=O) groups is 4. The lowest BCUT2D eigenvalue weighted by atomic mass is 9.84. The number of aliphatic carboxylic acids is 2. The summed E-state index contributed by atoms with van der Waals surface area (Å²) in [6.45, 7) is 2.09. The topological polar surface area (TPSA) is 133 Å². The third kappa shape index (κ3) is 8.03. The van der Waals surface area contributed by atoms with Gasteiger partial charge in [0.2, 0.25) is 11.8 Å². The minimum Gasteiger partial charge on any atom is -0.478 e. The Labute approximate surface area is 214 Å². The maximum Gasteiger partial charge on any atom is 0.328 e. The van der Waals surface area contributed by atoms with Crippen molar-refractivity contribution in [3.63, 3.8) is 0 Å². The number of anilines is 2. The molecule has 0 radical (unpaired) electrons. The minimum absolute atomic E-state index is 0.140. The summed E-state index contributed by atoms with van der Waals surface area (Å²) in [6, 6.07) is 22.9. The first-order valence-corrected chi connectivity index (χ1v) is 11.5. The summed E-state index contributed by atoms with van der Waals surface area (Å²) in [5.41, 5.74) is 5.24. The molecule has 0 heterocycles. The van der Waals surface area contributed by atoms with Crippen LogP contribution in [-0.2, 0) is 25.6 Å². The van der Waals surface area contributed by atoms with Crippen LogP contribution in [0.3, 0.4) is 0 Å². The van der Waals surface area contributed by atoms with E-state index in [1.165, 1.54) is 5.56 Å². The lowest BCUT2D eigenvalue weighted by Gasteiger charge is -2.20. The molecular formula is C29H26N2O6. The van der Waals surface area contributed by atoms with Crippen LogP contribution >= 0.6 is 0 Å². The number of rotatable bonds is 10. The molecular weight excluding hydrogens is 472 g/mol. The SMILES string of the molecule is CCc1ccc(C(c2ccc(NC(=O)/C=C/C(=O)O)cc2)c2ccc(NC(=O)/C=C/C(=O)O)cc2)cc1. The van der Waals surface area contributed by atoms with Gasteiger partial charge in [-0.15, -0.1) is 0 Å². The second kappa shape index (κ2) is 12.6. The van der Waals surface area contributed by atoms with Crippen LogP contribution in [0, 0.1) is 0 Å². The van der Waals surface area contributed by atoms with Crippen molar-refractivity contribution in [1.82, 2.24) is 0 Å². The minimum atomic E-state index is -1.20. The Hall–Kier alpha value is -4.98. The van der Waals surface area contributed by atoms with E-state index in [1.54, 1.807) is 24.3 Å². The molecule has 188 valence electrons. The van der Waals surface area contributed by atoms with Crippen molar-refractivity contribution in [2.75, 3.05) is 10.6 Å². The number of carbonyl (C=O) groups excluding carboxylic acids is 2. The molecule has 0 bridgehead atoms. The monoisotopic (exact) mass is 498 g/mol. The molecule has 3 rings (SSSR count). The Morgan fingerprint density at radius 2 is 0.973 bits per heavy atom. The number of aryl methyl sites for hydroxylation is 1. The number of carboxylic acids is 2. The summed E-state index contributed by atoms with van der Waals surface area (Å²) in [5.74, 6) is -3.64. The number of hydrogen-bond acceptors (Lipinski definition) is 4. The van der Waals surface area contributed by atoms with E-state index in [0.717, 1.165) is 47.4 Å². The van der Waals surface area contributed by atoms with Gasteiger partial charge >= 0.3 is 11.9 Å². The molecule has 8 nitrogen and oxygen atoms in total. The number of nitrogens with one attached hydrogen (secondary N) is 2. The molecule has 3 aromatic rings. The number of hydrogen-bond donors (Lipinski definition) is 4. The van der Waals surface area contributed by atoms with Crippen LogP contribution in [-0.4, -0.2) is 34.0 Å². The molecule has 0 aromatic heterocycles.